The number of pyridine rings is 1. The fourth-order valence-electron chi connectivity index (χ4n) is 7.53. The number of ether oxygens (including phenoxy) is 5. The first-order chi connectivity index (χ1) is 22.8. The fourth-order valence-corrected chi connectivity index (χ4v) is 7.65. The summed E-state index contributed by atoms with van der Waals surface area (Å²) in [6.07, 6.45) is 5.94. The first-order valence-corrected chi connectivity index (χ1v) is 16.6. The van der Waals surface area contributed by atoms with Gasteiger partial charge in [0.25, 0.3) is 5.79 Å². The number of esters is 1. The van der Waals surface area contributed by atoms with Gasteiger partial charge in [-0.15, -0.1) is 0 Å². The molecule has 4 aromatic rings. The lowest BCUT2D eigenvalue weighted by Crippen LogP contribution is -2.64. The highest BCUT2D eigenvalue weighted by molar-refractivity contribution is 6.30. The van der Waals surface area contributed by atoms with Crippen LogP contribution in [0.25, 0.3) is 11.0 Å². The Kier molecular flexibility index (Phi) is 7.65. The average molecular weight is 660 g/mol. The van der Waals surface area contributed by atoms with Crippen molar-refractivity contribution in [2.24, 2.45) is 0 Å². The second-order valence-corrected chi connectivity index (χ2v) is 13.2. The number of piperazine rings is 1. The molecule has 3 fully saturated rings. The Labute approximate surface area is 278 Å². The van der Waals surface area contributed by atoms with Crippen LogP contribution in [-0.2, 0) is 28.4 Å². The Hall–Kier alpha value is -4.06. The van der Waals surface area contributed by atoms with Crippen LogP contribution in [-0.4, -0.2) is 77.5 Å². The highest BCUT2D eigenvalue weighted by Gasteiger charge is 2.47. The number of para-hydroxylation sites is 1. The Balaban J connectivity index is 1.07. The van der Waals surface area contributed by atoms with Crippen LogP contribution < -0.4 is 19.1 Å². The van der Waals surface area contributed by atoms with Gasteiger partial charge in [0.2, 0.25) is 0 Å². The van der Waals surface area contributed by atoms with Crippen molar-refractivity contribution < 1.29 is 28.5 Å². The zero-order chi connectivity index (χ0) is 32.3. The van der Waals surface area contributed by atoms with Crippen molar-refractivity contribution >= 4 is 34.3 Å². The van der Waals surface area contributed by atoms with Gasteiger partial charge in [0.15, 0.2) is 11.5 Å². The molecule has 2 saturated heterocycles. The lowest BCUT2D eigenvalue weighted by atomic mass is 9.81. The summed E-state index contributed by atoms with van der Waals surface area (Å²) in [6.45, 7) is 5.70. The van der Waals surface area contributed by atoms with E-state index in [0.29, 0.717) is 53.0 Å². The van der Waals surface area contributed by atoms with E-state index in [0.717, 1.165) is 73.7 Å². The number of halogens is 1. The van der Waals surface area contributed by atoms with E-state index in [-0.39, 0.29) is 6.10 Å². The summed E-state index contributed by atoms with van der Waals surface area (Å²) in [4.78, 5) is 27.2. The second-order valence-electron chi connectivity index (χ2n) is 12.8. The minimum atomic E-state index is -1.04. The molecule has 0 spiro atoms. The van der Waals surface area contributed by atoms with Crippen molar-refractivity contribution in [1.29, 1.82) is 0 Å². The number of anilines is 1. The Morgan fingerprint density at radius 1 is 1.09 bits per heavy atom. The maximum Gasteiger partial charge on any atom is 0.338 e. The van der Waals surface area contributed by atoms with Crippen LogP contribution >= 0.6 is 11.6 Å². The molecule has 2 aromatic heterocycles. The zero-order valence-electron chi connectivity index (χ0n) is 26.8. The van der Waals surface area contributed by atoms with E-state index < -0.39 is 11.8 Å². The third kappa shape index (κ3) is 5.25. The Morgan fingerprint density at radius 2 is 1.96 bits per heavy atom. The van der Waals surface area contributed by atoms with Crippen LogP contribution in [0.4, 0.5) is 5.69 Å². The molecule has 246 valence electrons. The number of rotatable bonds is 8. The van der Waals surface area contributed by atoms with E-state index in [2.05, 4.69) is 25.4 Å². The maximum atomic E-state index is 12.6. The van der Waals surface area contributed by atoms with Crippen molar-refractivity contribution in [2.75, 3.05) is 38.8 Å². The normalized spacial score (nSPS) is 25.1. The average Bonchev–Trinajstić information content (AvgIpc) is 3.79. The third-order valence-corrected chi connectivity index (χ3v) is 10.3. The second kappa shape index (κ2) is 11.9. The molecular formula is C35H38ClN5O6. The van der Waals surface area contributed by atoms with Gasteiger partial charge < -0.3 is 33.2 Å². The molecule has 3 aliphatic heterocycles. The summed E-state index contributed by atoms with van der Waals surface area (Å²) >= 11 is 6.09. The quantitative estimate of drug-likeness (QED) is 0.224. The SMILES string of the molecule is COC(=O)c1cc(OC)c2nc(CN3CCN(c4cccc5c4O[C@](C)(c4ccc(Cl)cn4)O5)[C@@H]4CC[C@H]43)n(C[C@@H]3CCCO3)c2c1. The number of hydrogen-bond acceptors (Lipinski definition) is 10. The lowest BCUT2D eigenvalue weighted by Gasteiger charge is -2.54. The van der Waals surface area contributed by atoms with Crippen LogP contribution in [0.1, 0.15) is 54.5 Å². The number of methoxy groups -OCH3 is 2. The molecule has 0 N–H and O–H groups in total. The van der Waals surface area contributed by atoms with Crippen molar-refractivity contribution in [3.63, 3.8) is 0 Å². The number of carbonyl (C=O) groups excluding carboxylic acids is 1. The Morgan fingerprint density at radius 3 is 2.68 bits per heavy atom. The van der Waals surface area contributed by atoms with Gasteiger partial charge in [0.05, 0.1) is 55.2 Å². The van der Waals surface area contributed by atoms with Crippen LogP contribution in [0.5, 0.6) is 17.2 Å². The summed E-state index contributed by atoms with van der Waals surface area (Å²) < 4.78 is 31.9. The fraction of sp³-hybridized carbons (Fsp3) is 0.457. The standard InChI is InChI=1S/C35H38ClN5O6/c1-35(30-12-9-22(36)18-37-30)46-28-8-4-7-26(33(28)47-35)40-14-13-39(24-10-11-25(24)40)20-31-38-32-27(41(31)19-23-6-5-15-45-23)16-21(34(42)44-3)17-29(32)43-2/h4,7-9,12,16-18,23-25H,5-6,10-11,13-15,19-20H2,1-3H3/t23-,24+,25+,35+/m0/s1. The molecule has 0 radical (unpaired) electrons. The number of aromatic nitrogens is 3. The van der Waals surface area contributed by atoms with Crippen molar-refractivity contribution in [2.45, 2.75) is 69.7 Å². The molecule has 12 heteroatoms. The van der Waals surface area contributed by atoms with E-state index in [4.69, 9.17) is 40.3 Å². The first-order valence-electron chi connectivity index (χ1n) is 16.3. The molecular weight excluding hydrogens is 622 g/mol. The predicted octanol–water partition coefficient (Wildman–Crippen LogP) is 5.56. The number of hydrogen-bond donors (Lipinski definition) is 0. The molecule has 2 aromatic carbocycles. The highest BCUT2D eigenvalue weighted by Crippen LogP contribution is 2.51. The molecule has 1 saturated carbocycles. The van der Waals surface area contributed by atoms with Crippen LogP contribution in [0.3, 0.4) is 0 Å². The van der Waals surface area contributed by atoms with Gasteiger partial charge in [-0.1, -0.05) is 17.7 Å². The third-order valence-electron chi connectivity index (χ3n) is 10.1. The lowest BCUT2D eigenvalue weighted by molar-refractivity contribution is -0.0717. The summed E-state index contributed by atoms with van der Waals surface area (Å²) in [6, 6.07) is 14.0. The van der Waals surface area contributed by atoms with Crippen LogP contribution in [0.15, 0.2) is 48.7 Å². The smallest absolute Gasteiger partial charge is 0.338 e. The van der Waals surface area contributed by atoms with Crippen molar-refractivity contribution in [1.82, 2.24) is 19.4 Å². The molecule has 4 atom stereocenters. The molecule has 8 rings (SSSR count). The van der Waals surface area contributed by atoms with E-state index >= 15 is 0 Å². The molecule has 4 aliphatic rings. The number of benzene rings is 2. The monoisotopic (exact) mass is 659 g/mol. The predicted molar refractivity (Wildman–Crippen MR) is 175 cm³/mol. The summed E-state index contributed by atoms with van der Waals surface area (Å²) in [5, 5.41) is 0.565. The van der Waals surface area contributed by atoms with E-state index in [1.807, 2.05) is 31.2 Å². The topological polar surface area (TPSA) is 100 Å². The van der Waals surface area contributed by atoms with Crippen molar-refractivity contribution in [3.8, 4) is 17.2 Å². The van der Waals surface area contributed by atoms with E-state index in [1.165, 1.54) is 7.11 Å². The van der Waals surface area contributed by atoms with Gasteiger partial charge in [-0.25, -0.2) is 9.78 Å². The molecule has 0 amide bonds. The largest absolute Gasteiger partial charge is 0.494 e. The minimum Gasteiger partial charge on any atom is -0.494 e. The van der Waals surface area contributed by atoms with Gasteiger partial charge in [-0.2, -0.15) is 0 Å². The van der Waals surface area contributed by atoms with Gasteiger partial charge in [-0.3, -0.25) is 9.88 Å². The molecule has 47 heavy (non-hydrogen) atoms. The zero-order valence-corrected chi connectivity index (χ0v) is 27.5. The van der Waals surface area contributed by atoms with E-state index in [1.54, 1.807) is 25.4 Å². The Bertz CT molecular complexity index is 1830. The summed E-state index contributed by atoms with van der Waals surface area (Å²) in [5.41, 5.74) is 3.74. The van der Waals surface area contributed by atoms with Gasteiger partial charge in [-0.05, 0) is 62.1 Å². The minimum absolute atomic E-state index is 0.100. The number of imidazole rings is 1. The first kappa shape index (κ1) is 30.3. The summed E-state index contributed by atoms with van der Waals surface area (Å²) in [5.74, 6) is 1.51. The van der Waals surface area contributed by atoms with Crippen LogP contribution in [0.2, 0.25) is 5.02 Å². The number of fused-ring (bicyclic) bond motifs is 3. The van der Waals surface area contributed by atoms with Crippen LogP contribution in [0, 0.1) is 0 Å². The molecule has 5 heterocycles. The number of carbonyl (C=O) groups is 1. The van der Waals surface area contributed by atoms with Gasteiger partial charge in [0, 0.05) is 44.9 Å². The molecule has 0 unspecified atom stereocenters. The van der Waals surface area contributed by atoms with Gasteiger partial charge in [0.1, 0.15) is 22.8 Å². The highest BCUT2D eigenvalue weighted by atomic mass is 35.5. The van der Waals surface area contributed by atoms with Crippen molar-refractivity contribution in [3.05, 3.63) is 70.8 Å². The van der Waals surface area contributed by atoms with E-state index in [9.17, 15) is 4.79 Å². The van der Waals surface area contributed by atoms with Gasteiger partial charge >= 0.3 is 5.97 Å². The molecule has 11 nitrogen and oxygen atoms in total. The maximum absolute atomic E-state index is 12.6. The number of nitrogens with zero attached hydrogens (tertiary/aromatic N) is 5. The summed E-state index contributed by atoms with van der Waals surface area (Å²) in [7, 11) is 3.00. The molecule has 1 aliphatic carbocycles. The molecule has 0 bridgehead atoms.